The maximum absolute atomic E-state index is 12.8. The van der Waals surface area contributed by atoms with Gasteiger partial charge in [-0.25, -0.2) is 8.42 Å². The summed E-state index contributed by atoms with van der Waals surface area (Å²) in [5.74, 6) is 0.495. The summed E-state index contributed by atoms with van der Waals surface area (Å²) in [5.41, 5.74) is 7.29. The highest BCUT2D eigenvalue weighted by atomic mass is 32.2. The minimum atomic E-state index is -3.42. The zero-order valence-corrected chi connectivity index (χ0v) is 13.3. The van der Waals surface area contributed by atoms with Crippen LogP contribution in [0.4, 0.5) is 5.69 Å². The van der Waals surface area contributed by atoms with Gasteiger partial charge in [0, 0.05) is 18.3 Å². The van der Waals surface area contributed by atoms with Gasteiger partial charge < -0.3 is 5.73 Å². The third-order valence-corrected chi connectivity index (χ3v) is 5.69. The molecule has 20 heavy (non-hydrogen) atoms. The summed E-state index contributed by atoms with van der Waals surface area (Å²) < 4.78 is 27.2. The molecule has 112 valence electrons. The Kier molecular flexibility index (Phi) is 4.39. The van der Waals surface area contributed by atoms with Crippen molar-refractivity contribution in [2.45, 2.75) is 51.0 Å². The molecule has 2 rings (SSSR count). The number of nitrogens with two attached hydrogens (primary N) is 1. The van der Waals surface area contributed by atoms with Crippen LogP contribution in [0.15, 0.2) is 23.1 Å². The van der Waals surface area contributed by atoms with Crippen LogP contribution in [0.1, 0.15) is 38.7 Å². The van der Waals surface area contributed by atoms with Crippen molar-refractivity contribution in [1.29, 1.82) is 0 Å². The van der Waals surface area contributed by atoms with E-state index in [1.54, 1.807) is 22.5 Å². The van der Waals surface area contributed by atoms with Crippen LogP contribution in [0.2, 0.25) is 0 Å². The lowest BCUT2D eigenvalue weighted by Gasteiger charge is -2.23. The molecule has 1 fully saturated rings. The molecule has 0 spiro atoms. The summed E-state index contributed by atoms with van der Waals surface area (Å²) in [5, 5.41) is 0. The molecule has 2 N–H and O–H groups in total. The smallest absolute Gasteiger partial charge is 0.243 e. The van der Waals surface area contributed by atoms with Crippen LogP contribution in [0.25, 0.3) is 0 Å². The van der Waals surface area contributed by atoms with Gasteiger partial charge in [-0.05, 0) is 49.8 Å². The summed E-state index contributed by atoms with van der Waals surface area (Å²) in [6.07, 6.45) is 2.83. The Morgan fingerprint density at radius 1 is 1.35 bits per heavy atom. The molecule has 0 aromatic heterocycles. The van der Waals surface area contributed by atoms with E-state index in [1.807, 2.05) is 6.92 Å². The molecule has 5 heteroatoms. The zero-order valence-electron chi connectivity index (χ0n) is 12.5. The van der Waals surface area contributed by atoms with Crippen molar-refractivity contribution in [2.24, 2.45) is 5.92 Å². The van der Waals surface area contributed by atoms with Crippen molar-refractivity contribution in [3.63, 3.8) is 0 Å². The predicted octanol–water partition coefficient (Wildman–Crippen LogP) is 2.78. The Balaban J connectivity index is 2.27. The first-order valence-electron chi connectivity index (χ1n) is 7.20. The highest BCUT2D eigenvalue weighted by Crippen LogP contribution is 2.33. The first-order chi connectivity index (χ1) is 9.32. The van der Waals surface area contributed by atoms with Crippen molar-refractivity contribution in [3.8, 4) is 0 Å². The fraction of sp³-hybridized carbons (Fsp3) is 0.600. The van der Waals surface area contributed by atoms with Gasteiger partial charge in [0.1, 0.15) is 0 Å². The predicted molar refractivity (Wildman–Crippen MR) is 82.0 cm³/mol. The molecule has 0 bridgehead atoms. The quantitative estimate of drug-likeness (QED) is 0.821. The van der Waals surface area contributed by atoms with Crippen molar-refractivity contribution in [2.75, 3.05) is 12.3 Å². The van der Waals surface area contributed by atoms with Gasteiger partial charge in [0.05, 0.1) is 4.90 Å². The molecule has 1 aromatic rings. The molecule has 4 nitrogen and oxygen atoms in total. The van der Waals surface area contributed by atoms with Crippen LogP contribution in [-0.4, -0.2) is 25.3 Å². The fourth-order valence-corrected chi connectivity index (χ4v) is 3.90. The molecule has 0 saturated heterocycles. The minimum Gasteiger partial charge on any atom is -0.398 e. The normalized spacial score (nSPS) is 16.1. The highest BCUT2D eigenvalue weighted by Gasteiger charge is 2.37. The number of nitrogens with zero attached hydrogens (tertiary/aromatic N) is 1. The zero-order chi connectivity index (χ0) is 14.9. The summed E-state index contributed by atoms with van der Waals surface area (Å²) in [4.78, 5) is 0.316. The van der Waals surface area contributed by atoms with E-state index in [4.69, 9.17) is 5.73 Å². The Bertz CT molecular complexity index is 578. The topological polar surface area (TPSA) is 63.4 Å². The van der Waals surface area contributed by atoms with E-state index in [2.05, 4.69) is 13.8 Å². The molecule has 0 aliphatic heterocycles. The van der Waals surface area contributed by atoms with Crippen LogP contribution < -0.4 is 5.73 Å². The molecular formula is C15H24N2O2S. The number of sulfonamides is 1. The Morgan fingerprint density at radius 3 is 2.50 bits per heavy atom. The van der Waals surface area contributed by atoms with Crippen LogP contribution in [0.3, 0.4) is 0 Å². The first kappa shape index (κ1) is 15.3. The molecule has 0 heterocycles. The van der Waals surface area contributed by atoms with Gasteiger partial charge in [0.15, 0.2) is 0 Å². The monoisotopic (exact) mass is 296 g/mol. The number of hydrogen-bond acceptors (Lipinski definition) is 3. The Morgan fingerprint density at radius 2 is 2.00 bits per heavy atom. The molecule has 1 aromatic carbocycles. The van der Waals surface area contributed by atoms with Crippen molar-refractivity contribution < 1.29 is 8.42 Å². The average Bonchev–Trinajstić information content (AvgIpc) is 3.16. The molecule has 0 amide bonds. The SMILES string of the molecule is Cc1ccc(S(=O)(=O)N(CCC(C)C)C2CC2)cc1N. The summed E-state index contributed by atoms with van der Waals surface area (Å²) >= 11 is 0. The van der Waals surface area contributed by atoms with E-state index in [-0.39, 0.29) is 6.04 Å². The second kappa shape index (κ2) is 5.74. The lowest BCUT2D eigenvalue weighted by atomic mass is 10.1. The minimum absolute atomic E-state index is 0.182. The van der Waals surface area contributed by atoms with E-state index in [1.165, 1.54) is 0 Å². The summed E-state index contributed by atoms with van der Waals surface area (Å²) in [6, 6.07) is 5.19. The second-order valence-corrected chi connectivity index (χ2v) is 7.94. The highest BCUT2D eigenvalue weighted by molar-refractivity contribution is 7.89. The van der Waals surface area contributed by atoms with E-state index in [0.717, 1.165) is 24.8 Å². The second-order valence-electron chi connectivity index (χ2n) is 6.05. The Labute approximate surface area is 122 Å². The fourth-order valence-electron chi connectivity index (χ4n) is 2.16. The van der Waals surface area contributed by atoms with Crippen LogP contribution in [-0.2, 0) is 10.0 Å². The van der Waals surface area contributed by atoms with Gasteiger partial charge in [0.25, 0.3) is 0 Å². The van der Waals surface area contributed by atoms with Crippen molar-refractivity contribution >= 4 is 15.7 Å². The van der Waals surface area contributed by atoms with Crippen LogP contribution >= 0.6 is 0 Å². The number of hydrogen-bond donors (Lipinski definition) is 1. The number of benzene rings is 1. The molecule has 0 unspecified atom stereocenters. The number of nitrogen functional groups attached to an aromatic ring is 1. The van der Waals surface area contributed by atoms with Gasteiger partial charge in [-0.15, -0.1) is 0 Å². The van der Waals surface area contributed by atoms with Gasteiger partial charge in [0.2, 0.25) is 10.0 Å². The van der Waals surface area contributed by atoms with E-state index < -0.39 is 10.0 Å². The average molecular weight is 296 g/mol. The van der Waals surface area contributed by atoms with Gasteiger partial charge in [-0.1, -0.05) is 19.9 Å². The van der Waals surface area contributed by atoms with E-state index in [9.17, 15) is 8.42 Å². The van der Waals surface area contributed by atoms with Crippen LogP contribution in [0, 0.1) is 12.8 Å². The lowest BCUT2D eigenvalue weighted by molar-refractivity contribution is 0.373. The molecule has 1 saturated carbocycles. The van der Waals surface area contributed by atoms with Gasteiger partial charge >= 0.3 is 0 Å². The van der Waals surface area contributed by atoms with Crippen molar-refractivity contribution in [1.82, 2.24) is 4.31 Å². The third kappa shape index (κ3) is 3.33. The molecule has 1 aliphatic carbocycles. The molecule has 0 radical (unpaired) electrons. The maximum Gasteiger partial charge on any atom is 0.243 e. The summed E-state index contributed by atoms with van der Waals surface area (Å²) in [6.45, 7) is 6.70. The van der Waals surface area contributed by atoms with Gasteiger partial charge in [-0.3, -0.25) is 0 Å². The molecule has 0 atom stereocenters. The third-order valence-electron chi connectivity index (χ3n) is 3.74. The number of rotatable bonds is 6. The first-order valence-corrected chi connectivity index (χ1v) is 8.64. The van der Waals surface area contributed by atoms with Gasteiger partial charge in [-0.2, -0.15) is 4.31 Å². The Hall–Kier alpha value is -1.07. The summed E-state index contributed by atoms with van der Waals surface area (Å²) in [7, 11) is -3.42. The van der Waals surface area contributed by atoms with E-state index in [0.29, 0.717) is 23.0 Å². The molecule has 1 aliphatic rings. The standard InChI is InChI=1S/C15H24N2O2S/c1-11(2)8-9-17(13-5-6-13)20(18,19)14-7-4-12(3)15(16)10-14/h4,7,10-11,13H,5-6,8-9,16H2,1-3H3. The largest absolute Gasteiger partial charge is 0.398 e. The molecular weight excluding hydrogens is 272 g/mol. The van der Waals surface area contributed by atoms with Crippen LogP contribution in [0.5, 0.6) is 0 Å². The van der Waals surface area contributed by atoms with E-state index >= 15 is 0 Å². The maximum atomic E-state index is 12.8. The number of anilines is 1. The lowest BCUT2D eigenvalue weighted by Crippen LogP contribution is -2.34. The van der Waals surface area contributed by atoms with Crippen molar-refractivity contribution in [3.05, 3.63) is 23.8 Å². The number of aryl methyl sites for hydroxylation is 1.